The van der Waals surface area contributed by atoms with Crippen molar-refractivity contribution < 1.29 is 9.53 Å². The number of methoxy groups -OCH3 is 1. The number of ether oxygens (including phenoxy) is 1. The molecule has 5 nitrogen and oxygen atoms in total. The number of aryl methyl sites for hydroxylation is 2. The Labute approximate surface area is 122 Å². The molecule has 2 N–H and O–H groups in total. The maximum absolute atomic E-state index is 12.4. The molecule has 0 unspecified atom stereocenters. The molecule has 2 rings (SSSR count). The number of carbonyl (C=O) groups excluding carboxylic acids is 1. The predicted molar refractivity (Wildman–Crippen MR) is 82.3 cm³/mol. The van der Waals surface area contributed by atoms with E-state index >= 15 is 0 Å². The number of amides is 1. The number of likely N-dealkylation sites (N-methyl/N-ethyl adjacent to an activating group) is 1. The van der Waals surface area contributed by atoms with E-state index < -0.39 is 0 Å². The third kappa shape index (κ3) is 2.62. The van der Waals surface area contributed by atoms with Gasteiger partial charge in [0, 0.05) is 42.2 Å². The van der Waals surface area contributed by atoms with Crippen LogP contribution in [-0.4, -0.2) is 43.1 Å². The Morgan fingerprint density at radius 2 is 2.20 bits per heavy atom. The molecule has 6 heteroatoms. The number of aromatic nitrogens is 1. The van der Waals surface area contributed by atoms with Crippen molar-refractivity contribution in [3.8, 4) is 0 Å². The molecule has 0 fully saturated rings. The molecule has 0 bridgehead atoms. The van der Waals surface area contributed by atoms with Gasteiger partial charge in [0.2, 0.25) is 0 Å². The van der Waals surface area contributed by atoms with Crippen LogP contribution in [0.1, 0.15) is 21.1 Å². The second-order valence-corrected chi connectivity index (χ2v) is 5.84. The Balaban J connectivity index is 2.43. The highest BCUT2D eigenvalue weighted by Crippen LogP contribution is 2.36. The Morgan fingerprint density at radius 3 is 2.85 bits per heavy atom. The molecule has 2 heterocycles. The van der Waals surface area contributed by atoms with E-state index in [2.05, 4.69) is 4.98 Å². The summed E-state index contributed by atoms with van der Waals surface area (Å²) in [7, 11) is 3.37. The number of hydrogen-bond acceptors (Lipinski definition) is 5. The summed E-state index contributed by atoms with van der Waals surface area (Å²) in [5.74, 6) is -0.0715. The van der Waals surface area contributed by atoms with Gasteiger partial charge >= 0.3 is 0 Å². The number of thiophene rings is 1. The summed E-state index contributed by atoms with van der Waals surface area (Å²) in [5, 5.41) is 0.893. The van der Waals surface area contributed by atoms with Gasteiger partial charge in [0.25, 0.3) is 5.91 Å². The molecule has 0 saturated carbocycles. The van der Waals surface area contributed by atoms with Crippen LogP contribution in [-0.2, 0) is 4.74 Å². The number of nitrogens with zero attached hydrogens (tertiary/aromatic N) is 2. The van der Waals surface area contributed by atoms with E-state index in [0.717, 1.165) is 21.5 Å². The van der Waals surface area contributed by atoms with Crippen LogP contribution in [0.4, 0.5) is 5.69 Å². The van der Waals surface area contributed by atoms with E-state index in [1.807, 2.05) is 19.9 Å². The number of fused-ring (bicyclic) bond motifs is 1. The summed E-state index contributed by atoms with van der Waals surface area (Å²) in [6.45, 7) is 4.90. The lowest BCUT2D eigenvalue weighted by Gasteiger charge is -2.15. The molecule has 0 atom stereocenters. The van der Waals surface area contributed by atoms with E-state index in [-0.39, 0.29) is 5.91 Å². The first kappa shape index (κ1) is 14.7. The van der Waals surface area contributed by atoms with Crippen LogP contribution < -0.4 is 5.73 Å². The topological polar surface area (TPSA) is 68.5 Å². The highest BCUT2D eigenvalue weighted by molar-refractivity contribution is 7.21. The number of anilines is 1. The van der Waals surface area contributed by atoms with Gasteiger partial charge in [-0.1, -0.05) is 0 Å². The van der Waals surface area contributed by atoms with E-state index in [4.69, 9.17) is 10.5 Å². The molecular weight excluding hydrogens is 274 g/mol. The van der Waals surface area contributed by atoms with Gasteiger partial charge in [-0.15, -0.1) is 11.3 Å². The largest absolute Gasteiger partial charge is 0.397 e. The van der Waals surface area contributed by atoms with Crippen molar-refractivity contribution in [2.45, 2.75) is 13.8 Å². The molecule has 2 aromatic rings. The lowest BCUT2D eigenvalue weighted by Crippen LogP contribution is -2.29. The van der Waals surface area contributed by atoms with Gasteiger partial charge in [-0.25, -0.2) is 0 Å². The first-order valence-electron chi connectivity index (χ1n) is 6.36. The van der Waals surface area contributed by atoms with Crippen LogP contribution in [0, 0.1) is 13.8 Å². The van der Waals surface area contributed by atoms with E-state index in [1.54, 1.807) is 19.1 Å². The molecule has 0 aliphatic carbocycles. The molecule has 1 amide bonds. The van der Waals surface area contributed by atoms with Crippen LogP contribution in [0.15, 0.2) is 6.07 Å². The zero-order valence-electron chi connectivity index (χ0n) is 12.2. The van der Waals surface area contributed by atoms with Gasteiger partial charge in [-0.3, -0.25) is 9.78 Å². The fourth-order valence-electron chi connectivity index (χ4n) is 2.14. The number of hydrogen-bond donors (Lipinski definition) is 1. The fraction of sp³-hybridized carbons (Fsp3) is 0.429. The summed E-state index contributed by atoms with van der Waals surface area (Å²) in [4.78, 5) is 19.0. The van der Waals surface area contributed by atoms with Crippen LogP contribution in [0.3, 0.4) is 0 Å². The summed E-state index contributed by atoms with van der Waals surface area (Å²) in [6.07, 6.45) is 0. The van der Waals surface area contributed by atoms with Crippen molar-refractivity contribution in [2.24, 2.45) is 0 Å². The van der Waals surface area contributed by atoms with Gasteiger partial charge in [-0.2, -0.15) is 0 Å². The van der Waals surface area contributed by atoms with E-state index in [1.165, 1.54) is 11.3 Å². The summed E-state index contributed by atoms with van der Waals surface area (Å²) in [5.41, 5.74) is 8.48. The molecule has 0 aliphatic heterocycles. The van der Waals surface area contributed by atoms with Crippen molar-refractivity contribution in [3.05, 3.63) is 22.3 Å². The zero-order valence-corrected chi connectivity index (χ0v) is 13.0. The number of nitrogens with two attached hydrogens (primary N) is 1. The molecule has 20 heavy (non-hydrogen) atoms. The molecule has 0 saturated heterocycles. The average Bonchev–Trinajstić information content (AvgIpc) is 2.72. The molecule has 0 aliphatic rings. The van der Waals surface area contributed by atoms with Crippen molar-refractivity contribution >= 4 is 33.0 Å². The highest BCUT2D eigenvalue weighted by atomic mass is 32.1. The van der Waals surface area contributed by atoms with Gasteiger partial charge in [0.15, 0.2) is 0 Å². The van der Waals surface area contributed by atoms with Crippen LogP contribution in [0.5, 0.6) is 0 Å². The van der Waals surface area contributed by atoms with Crippen molar-refractivity contribution in [1.82, 2.24) is 9.88 Å². The Morgan fingerprint density at radius 1 is 1.50 bits per heavy atom. The predicted octanol–water partition coefficient (Wildman–Crippen LogP) is 2.21. The van der Waals surface area contributed by atoms with Gasteiger partial charge < -0.3 is 15.4 Å². The molecule has 0 spiro atoms. The maximum Gasteiger partial charge on any atom is 0.265 e. The van der Waals surface area contributed by atoms with Crippen molar-refractivity contribution in [1.29, 1.82) is 0 Å². The molecular formula is C14H19N3O2S. The van der Waals surface area contributed by atoms with Gasteiger partial charge in [0.05, 0.1) is 12.3 Å². The number of rotatable bonds is 4. The Hall–Kier alpha value is -1.66. The highest BCUT2D eigenvalue weighted by Gasteiger charge is 2.21. The second-order valence-electron chi connectivity index (χ2n) is 4.79. The van der Waals surface area contributed by atoms with Gasteiger partial charge in [-0.05, 0) is 19.9 Å². The van der Waals surface area contributed by atoms with Crippen molar-refractivity contribution in [2.75, 3.05) is 33.0 Å². The van der Waals surface area contributed by atoms with E-state index in [9.17, 15) is 4.79 Å². The first-order valence-corrected chi connectivity index (χ1v) is 7.18. The van der Waals surface area contributed by atoms with Gasteiger partial charge in [0.1, 0.15) is 4.88 Å². The second kappa shape index (κ2) is 5.76. The fourth-order valence-corrected chi connectivity index (χ4v) is 3.41. The molecule has 0 aromatic carbocycles. The number of pyridine rings is 1. The Kier molecular flexibility index (Phi) is 4.25. The van der Waals surface area contributed by atoms with E-state index in [0.29, 0.717) is 23.7 Å². The third-order valence-electron chi connectivity index (χ3n) is 3.19. The quantitative estimate of drug-likeness (QED) is 0.938. The minimum absolute atomic E-state index is 0.0715. The molecule has 108 valence electrons. The smallest absolute Gasteiger partial charge is 0.265 e. The van der Waals surface area contributed by atoms with Crippen molar-refractivity contribution in [3.63, 3.8) is 0 Å². The minimum Gasteiger partial charge on any atom is -0.397 e. The SMILES string of the molecule is COCCN(C)C(=O)c1sc2cc(C)nc(C)c2c1N. The van der Waals surface area contributed by atoms with Crippen LogP contribution in [0.2, 0.25) is 0 Å². The number of nitrogen functional groups attached to an aromatic ring is 1. The average molecular weight is 293 g/mol. The molecule has 2 aromatic heterocycles. The summed E-state index contributed by atoms with van der Waals surface area (Å²) >= 11 is 1.43. The summed E-state index contributed by atoms with van der Waals surface area (Å²) < 4.78 is 6.00. The van der Waals surface area contributed by atoms with Crippen LogP contribution >= 0.6 is 11.3 Å². The normalized spacial score (nSPS) is 11.0. The lowest BCUT2D eigenvalue weighted by atomic mass is 10.2. The maximum atomic E-state index is 12.4. The Bertz CT molecular complexity index is 651. The van der Waals surface area contributed by atoms with Crippen LogP contribution in [0.25, 0.3) is 10.1 Å². The lowest BCUT2D eigenvalue weighted by molar-refractivity contribution is 0.0750. The standard InChI is InChI=1S/C14H19N3O2S/c1-8-7-10-11(9(2)16-8)12(15)13(20-10)14(18)17(3)5-6-19-4/h7H,5-6,15H2,1-4H3. The molecule has 0 radical (unpaired) electrons. The first-order chi connectivity index (χ1) is 9.45. The third-order valence-corrected chi connectivity index (χ3v) is 4.33. The summed E-state index contributed by atoms with van der Waals surface area (Å²) in [6, 6.07) is 1.97. The zero-order chi connectivity index (χ0) is 14.9. The number of carbonyl (C=O) groups is 1. The monoisotopic (exact) mass is 293 g/mol. The minimum atomic E-state index is -0.0715.